The molecule has 0 atom stereocenters. The highest BCUT2D eigenvalue weighted by atomic mass is 15.0. The molecule has 1 aliphatic rings. The molecule has 0 aliphatic heterocycles. The maximum atomic E-state index is 2.51. The van der Waals surface area contributed by atoms with Crippen LogP contribution in [0.15, 0.2) is 224 Å². The van der Waals surface area contributed by atoms with Crippen LogP contribution in [0.3, 0.4) is 0 Å². The molecule has 2 aromatic heterocycles. The summed E-state index contributed by atoms with van der Waals surface area (Å²) in [6.07, 6.45) is 4.48. The molecule has 0 N–H and O–H groups in total. The molecule has 308 valence electrons. The average molecular weight is 839 g/mol. The molecule has 0 spiro atoms. The molecule has 0 bridgehead atoms. The molecule has 2 heteroatoms. The van der Waals surface area contributed by atoms with E-state index in [4.69, 9.17) is 0 Å². The van der Waals surface area contributed by atoms with Gasteiger partial charge in [-0.05, 0) is 143 Å². The minimum atomic E-state index is 0.999. The molecule has 0 fully saturated rings. The zero-order chi connectivity index (χ0) is 43.3. The molecule has 2 heterocycles. The van der Waals surface area contributed by atoms with E-state index in [2.05, 4.69) is 240 Å². The summed E-state index contributed by atoms with van der Waals surface area (Å²) in [5, 5.41) is 14.2. The van der Waals surface area contributed by atoms with Crippen molar-refractivity contribution < 1.29 is 0 Å². The van der Waals surface area contributed by atoms with Crippen molar-refractivity contribution >= 4 is 87.4 Å². The minimum Gasteiger partial charge on any atom is -0.310 e. The summed E-state index contributed by atoms with van der Waals surface area (Å²) in [4.78, 5) is 0. The first-order valence-corrected chi connectivity index (χ1v) is 23.1. The fourth-order valence-electron chi connectivity index (χ4n) is 11.4. The lowest BCUT2D eigenvalue weighted by Gasteiger charge is -2.19. The highest BCUT2D eigenvalue weighted by molar-refractivity contribution is 6.22. The molecule has 13 aromatic rings. The molecule has 0 saturated heterocycles. The highest BCUT2D eigenvalue weighted by Crippen LogP contribution is 2.44. The Bertz CT molecular complexity index is 4130. The van der Waals surface area contributed by atoms with Gasteiger partial charge in [-0.25, -0.2) is 0 Å². The van der Waals surface area contributed by atoms with E-state index < -0.39 is 0 Å². The smallest absolute Gasteiger partial charge is 0.0547 e. The van der Waals surface area contributed by atoms with Gasteiger partial charge in [-0.2, -0.15) is 0 Å². The van der Waals surface area contributed by atoms with Crippen molar-refractivity contribution in [2.75, 3.05) is 0 Å². The Labute approximate surface area is 382 Å². The fourth-order valence-corrected chi connectivity index (χ4v) is 11.4. The fraction of sp³-hybridized carbons (Fsp3) is 0.0312. The van der Waals surface area contributed by atoms with Gasteiger partial charge in [0.1, 0.15) is 0 Å². The number of aromatic nitrogens is 2. The van der Waals surface area contributed by atoms with Gasteiger partial charge < -0.3 is 9.13 Å². The SMILES string of the molecule is C1=C(c2cccc3ccccc23)CCc2c1n(-c1ccc(-c3ccc(-n4c5cc(-c6cccc7ccccc67)ccc5c5c6ccccc6ccc54)cc3)cc1)c1ccc3ccccc3c21. The maximum Gasteiger partial charge on any atom is 0.0547 e. The van der Waals surface area contributed by atoms with Gasteiger partial charge in [0.25, 0.3) is 0 Å². The van der Waals surface area contributed by atoms with Crippen LogP contribution >= 0.6 is 0 Å². The van der Waals surface area contributed by atoms with E-state index in [-0.39, 0.29) is 0 Å². The molecule has 0 radical (unpaired) electrons. The molecule has 0 amide bonds. The average Bonchev–Trinajstić information content (AvgIpc) is 3.91. The second-order valence-electron chi connectivity index (χ2n) is 17.9. The van der Waals surface area contributed by atoms with E-state index >= 15 is 0 Å². The van der Waals surface area contributed by atoms with Gasteiger partial charge in [0, 0.05) is 27.5 Å². The van der Waals surface area contributed by atoms with Crippen LogP contribution < -0.4 is 0 Å². The van der Waals surface area contributed by atoms with Gasteiger partial charge in [-0.15, -0.1) is 0 Å². The molecular formula is C64H42N2. The van der Waals surface area contributed by atoms with E-state index in [1.807, 2.05) is 0 Å². The van der Waals surface area contributed by atoms with Gasteiger partial charge in [0.2, 0.25) is 0 Å². The first kappa shape index (κ1) is 37.0. The van der Waals surface area contributed by atoms with Gasteiger partial charge >= 0.3 is 0 Å². The molecular weight excluding hydrogens is 797 g/mol. The Morgan fingerprint density at radius 1 is 0.303 bits per heavy atom. The van der Waals surface area contributed by atoms with E-state index in [1.165, 1.54) is 126 Å². The topological polar surface area (TPSA) is 9.86 Å². The Hall–Kier alpha value is -8.46. The van der Waals surface area contributed by atoms with Gasteiger partial charge in [-0.1, -0.05) is 182 Å². The predicted molar refractivity (Wildman–Crippen MR) is 281 cm³/mol. The quantitative estimate of drug-likeness (QED) is 0.163. The molecule has 0 unspecified atom stereocenters. The van der Waals surface area contributed by atoms with Crippen molar-refractivity contribution in [3.8, 4) is 33.6 Å². The third kappa shape index (κ3) is 5.61. The van der Waals surface area contributed by atoms with Crippen LogP contribution in [-0.4, -0.2) is 9.13 Å². The molecule has 14 rings (SSSR count). The number of hydrogen-bond acceptors (Lipinski definition) is 0. The zero-order valence-corrected chi connectivity index (χ0v) is 36.2. The largest absolute Gasteiger partial charge is 0.310 e. The third-order valence-electron chi connectivity index (χ3n) is 14.4. The minimum absolute atomic E-state index is 0.999. The Balaban J connectivity index is 0.884. The van der Waals surface area contributed by atoms with E-state index in [0.29, 0.717) is 0 Å². The summed E-state index contributed by atoms with van der Waals surface area (Å²) in [5.74, 6) is 0. The number of aryl methyl sites for hydroxylation is 1. The number of nitrogens with zero attached hydrogens (tertiary/aromatic N) is 2. The van der Waals surface area contributed by atoms with Crippen molar-refractivity contribution in [3.05, 3.63) is 241 Å². The van der Waals surface area contributed by atoms with Crippen molar-refractivity contribution in [1.82, 2.24) is 9.13 Å². The lowest BCUT2D eigenvalue weighted by atomic mass is 9.88. The first-order chi connectivity index (χ1) is 32.7. The second-order valence-corrected chi connectivity index (χ2v) is 17.9. The first-order valence-electron chi connectivity index (χ1n) is 23.1. The van der Waals surface area contributed by atoms with Crippen LogP contribution in [0.5, 0.6) is 0 Å². The van der Waals surface area contributed by atoms with Gasteiger partial charge in [0.05, 0.1) is 22.2 Å². The van der Waals surface area contributed by atoms with Crippen molar-refractivity contribution in [1.29, 1.82) is 0 Å². The molecule has 11 aromatic carbocycles. The van der Waals surface area contributed by atoms with Crippen molar-refractivity contribution in [3.63, 3.8) is 0 Å². The maximum absolute atomic E-state index is 2.51. The highest BCUT2D eigenvalue weighted by Gasteiger charge is 2.24. The summed E-state index contributed by atoms with van der Waals surface area (Å²) in [6.45, 7) is 0. The summed E-state index contributed by atoms with van der Waals surface area (Å²) < 4.78 is 4.97. The van der Waals surface area contributed by atoms with Crippen LogP contribution in [-0.2, 0) is 6.42 Å². The lowest BCUT2D eigenvalue weighted by Crippen LogP contribution is -2.03. The van der Waals surface area contributed by atoms with Gasteiger partial charge in [-0.3, -0.25) is 0 Å². The van der Waals surface area contributed by atoms with Crippen LogP contribution in [0, 0.1) is 0 Å². The number of rotatable bonds is 5. The number of benzene rings is 11. The van der Waals surface area contributed by atoms with E-state index in [0.717, 1.165) is 18.5 Å². The Kier molecular flexibility index (Phi) is 8.14. The van der Waals surface area contributed by atoms with Crippen molar-refractivity contribution in [2.24, 2.45) is 0 Å². The number of fused-ring (bicyclic) bond motifs is 12. The van der Waals surface area contributed by atoms with Crippen molar-refractivity contribution in [2.45, 2.75) is 12.8 Å². The van der Waals surface area contributed by atoms with Gasteiger partial charge in [0.15, 0.2) is 0 Å². The zero-order valence-electron chi connectivity index (χ0n) is 36.2. The number of hydrogen-bond donors (Lipinski definition) is 0. The predicted octanol–water partition coefficient (Wildman–Crippen LogP) is 17.2. The number of allylic oxidation sites excluding steroid dienone is 1. The summed E-state index contributed by atoms with van der Waals surface area (Å²) in [7, 11) is 0. The molecule has 2 nitrogen and oxygen atoms in total. The van der Waals surface area contributed by atoms with E-state index in [9.17, 15) is 0 Å². The van der Waals surface area contributed by atoms with Crippen LogP contribution in [0.4, 0.5) is 0 Å². The summed E-state index contributed by atoms with van der Waals surface area (Å²) >= 11 is 0. The molecule has 66 heavy (non-hydrogen) atoms. The summed E-state index contributed by atoms with van der Waals surface area (Å²) in [5.41, 5.74) is 16.3. The van der Waals surface area contributed by atoms with Crippen LogP contribution in [0.25, 0.3) is 121 Å². The standard InChI is InChI=1S/C64H42N2/c1-5-17-51-43(11-1)15-9-21-53(51)47-27-35-57-61(39-47)65(59-37-29-45-13-3-7-19-55(45)63(57)59)49-31-23-41(24-32-49)42-25-33-50(34-26-42)66-60-38-30-46-14-4-8-20-56(46)64(60)58-36-28-48(40-62(58)66)54-22-10-16-44-12-2-6-18-52(44)54/h1-27,29-35,37-40H,28,36H2. The normalized spacial score (nSPS) is 12.8. The lowest BCUT2D eigenvalue weighted by molar-refractivity contribution is 0.982. The third-order valence-corrected chi connectivity index (χ3v) is 14.4. The van der Waals surface area contributed by atoms with Crippen LogP contribution in [0.1, 0.15) is 23.2 Å². The van der Waals surface area contributed by atoms with E-state index in [1.54, 1.807) is 0 Å². The monoisotopic (exact) mass is 838 g/mol. The second kappa shape index (κ2) is 14.5. The Morgan fingerprint density at radius 3 is 1.42 bits per heavy atom. The Morgan fingerprint density at radius 2 is 0.788 bits per heavy atom. The molecule has 0 saturated carbocycles. The molecule has 1 aliphatic carbocycles. The summed E-state index contributed by atoms with van der Waals surface area (Å²) in [6, 6.07) is 83.1. The van der Waals surface area contributed by atoms with Crippen LogP contribution in [0.2, 0.25) is 0 Å².